The molecule has 1 N–H and O–H groups in total. The Hall–Kier alpha value is -2.95. The first-order valence-corrected chi connectivity index (χ1v) is 7.12. The van der Waals surface area contributed by atoms with Gasteiger partial charge < -0.3 is 5.32 Å². The molecule has 0 amide bonds. The average molecular weight is 289 g/mol. The zero-order valence-electron chi connectivity index (χ0n) is 12.1. The van der Waals surface area contributed by atoms with Crippen LogP contribution in [-0.2, 0) is 5.54 Å². The molecule has 0 fully saturated rings. The van der Waals surface area contributed by atoms with Crippen molar-refractivity contribution < 1.29 is 0 Å². The van der Waals surface area contributed by atoms with Crippen LogP contribution in [0.1, 0.15) is 18.2 Å². The van der Waals surface area contributed by atoms with E-state index in [1.54, 1.807) is 6.33 Å². The molecule has 108 valence electrons. The Labute approximate surface area is 128 Å². The smallest absolute Gasteiger partial charge is 0.115 e. The summed E-state index contributed by atoms with van der Waals surface area (Å²) in [4.78, 5) is 8.19. The first kappa shape index (κ1) is 12.8. The van der Waals surface area contributed by atoms with Crippen LogP contribution in [0.15, 0.2) is 61.4 Å². The van der Waals surface area contributed by atoms with Crippen LogP contribution in [0.2, 0.25) is 0 Å². The van der Waals surface area contributed by atoms with Gasteiger partial charge in [-0.25, -0.2) is 14.6 Å². The number of rotatable bonds is 2. The van der Waals surface area contributed by atoms with E-state index in [4.69, 9.17) is 0 Å². The van der Waals surface area contributed by atoms with Gasteiger partial charge in [0, 0.05) is 36.6 Å². The van der Waals surface area contributed by atoms with Crippen LogP contribution in [0.25, 0.3) is 17.3 Å². The van der Waals surface area contributed by atoms with E-state index in [0.29, 0.717) is 0 Å². The molecule has 3 aromatic rings. The molecule has 0 aliphatic carbocycles. The predicted molar refractivity (Wildman–Crippen MR) is 84.6 cm³/mol. The van der Waals surface area contributed by atoms with Crippen molar-refractivity contribution in [1.82, 2.24) is 25.1 Å². The number of hydrogen-bond acceptors (Lipinski definition) is 4. The van der Waals surface area contributed by atoms with Crippen LogP contribution in [-0.4, -0.2) is 19.7 Å². The van der Waals surface area contributed by atoms with Crippen LogP contribution in [0.4, 0.5) is 0 Å². The zero-order chi connectivity index (χ0) is 15.0. The molecule has 3 heterocycles. The van der Waals surface area contributed by atoms with Crippen molar-refractivity contribution in [1.29, 1.82) is 0 Å². The number of fused-ring (bicyclic) bond motifs is 1. The van der Waals surface area contributed by atoms with E-state index in [1.165, 1.54) is 5.56 Å². The lowest BCUT2D eigenvalue weighted by Crippen LogP contribution is -2.41. The summed E-state index contributed by atoms with van der Waals surface area (Å²) >= 11 is 0. The van der Waals surface area contributed by atoms with Crippen LogP contribution >= 0.6 is 0 Å². The fourth-order valence-corrected chi connectivity index (χ4v) is 2.87. The van der Waals surface area contributed by atoms with Gasteiger partial charge in [0.25, 0.3) is 0 Å². The number of nitrogens with one attached hydrogen (secondary N) is 1. The summed E-state index contributed by atoms with van der Waals surface area (Å²) in [6, 6.07) is 10.5. The van der Waals surface area contributed by atoms with Gasteiger partial charge in [-0.3, -0.25) is 0 Å². The third-order valence-electron chi connectivity index (χ3n) is 4.10. The molecular weight excluding hydrogens is 274 g/mol. The Morgan fingerprint density at radius 3 is 2.82 bits per heavy atom. The topological polar surface area (TPSA) is 55.6 Å². The van der Waals surface area contributed by atoms with Crippen molar-refractivity contribution in [3.8, 4) is 11.1 Å². The fraction of sp³-hybridized carbons (Fsp3) is 0.118. The highest BCUT2D eigenvalue weighted by Crippen LogP contribution is 2.33. The standard InChI is InChI=1S/C17H15N5/c1-17(16-5-6-21-22(16)8-7-20-17)15-4-2-3-13(9-15)14-10-18-12-19-11-14/h2-12,20H,1H3. The van der Waals surface area contributed by atoms with E-state index in [9.17, 15) is 0 Å². The van der Waals surface area contributed by atoms with E-state index < -0.39 is 0 Å². The molecule has 0 bridgehead atoms. The van der Waals surface area contributed by atoms with Crippen molar-refractivity contribution in [3.63, 3.8) is 0 Å². The number of hydrogen-bond donors (Lipinski definition) is 1. The number of aromatic nitrogens is 4. The highest BCUT2D eigenvalue weighted by atomic mass is 15.3. The van der Waals surface area contributed by atoms with Crippen molar-refractivity contribution in [2.45, 2.75) is 12.5 Å². The van der Waals surface area contributed by atoms with Gasteiger partial charge in [-0.1, -0.05) is 18.2 Å². The fourth-order valence-electron chi connectivity index (χ4n) is 2.87. The second kappa shape index (κ2) is 4.80. The van der Waals surface area contributed by atoms with Gasteiger partial charge in [-0.2, -0.15) is 5.10 Å². The molecule has 5 nitrogen and oxygen atoms in total. The van der Waals surface area contributed by atoms with Crippen molar-refractivity contribution in [2.24, 2.45) is 0 Å². The van der Waals surface area contributed by atoms with Crippen molar-refractivity contribution in [2.75, 3.05) is 0 Å². The van der Waals surface area contributed by atoms with E-state index in [2.05, 4.69) is 51.6 Å². The predicted octanol–water partition coefficient (Wildman–Crippen LogP) is 2.63. The maximum atomic E-state index is 4.33. The second-order valence-corrected chi connectivity index (χ2v) is 5.45. The minimum absolute atomic E-state index is 0.323. The minimum atomic E-state index is -0.323. The number of benzene rings is 1. The van der Waals surface area contributed by atoms with Gasteiger partial charge in [-0.05, 0) is 30.2 Å². The summed E-state index contributed by atoms with van der Waals surface area (Å²) in [5, 5.41) is 7.79. The minimum Gasteiger partial charge on any atom is -0.375 e. The Balaban J connectivity index is 1.83. The van der Waals surface area contributed by atoms with Crippen LogP contribution in [0.3, 0.4) is 0 Å². The summed E-state index contributed by atoms with van der Waals surface area (Å²) in [6.07, 6.45) is 10.9. The molecule has 4 rings (SSSR count). The molecule has 0 saturated heterocycles. The molecule has 0 saturated carbocycles. The summed E-state index contributed by atoms with van der Waals surface area (Å²) < 4.78 is 1.90. The largest absolute Gasteiger partial charge is 0.375 e. The molecule has 1 unspecified atom stereocenters. The maximum absolute atomic E-state index is 4.33. The van der Waals surface area contributed by atoms with Gasteiger partial charge in [-0.15, -0.1) is 0 Å². The van der Waals surface area contributed by atoms with E-state index in [0.717, 1.165) is 16.8 Å². The highest BCUT2D eigenvalue weighted by Gasteiger charge is 2.32. The van der Waals surface area contributed by atoms with Gasteiger partial charge in [0.2, 0.25) is 0 Å². The van der Waals surface area contributed by atoms with Gasteiger partial charge in [0.05, 0.1) is 5.69 Å². The van der Waals surface area contributed by atoms with Gasteiger partial charge in [0.1, 0.15) is 11.9 Å². The number of nitrogens with zero attached hydrogens (tertiary/aromatic N) is 4. The van der Waals surface area contributed by atoms with Gasteiger partial charge in [0.15, 0.2) is 0 Å². The Morgan fingerprint density at radius 2 is 1.95 bits per heavy atom. The van der Waals surface area contributed by atoms with Crippen LogP contribution < -0.4 is 5.32 Å². The Kier molecular flexibility index (Phi) is 2.79. The normalized spacial score (nSPS) is 19.5. The van der Waals surface area contributed by atoms with E-state index >= 15 is 0 Å². The van der Waals surface area contributed by atoms with E-state index in [-0.39, 0.29) is 5.54 Å². The average Bonchev–Trinajstić information content (AvgIpc) is 3.06. The van der Waals surface area contributed by atoms with Crippen LogP contribution in [0.5, 0.6) is 0 Å². The molecule has 1 aliphatic rings. The third-order valence-corrected chi connectivity index (χ3v) is 4.10. The molecule has 2 aromatic heterocycles. The van der Waals surface area contributed by atoms with E-state index in [1.807, 2.05) is 41.7 Å². The molecule has 22 heavy (non-hydrogen) atoms. The molecule has 1 atom stereocenters. The maximum Gasteiger partial charge on any atom is 0.115 e. The first-order chi connectivity index (χ1) is 10.8. The third kappa shape index (κ3) is 1.90. The SMILES string of the molecule is CC1(c2cccc(-c3cncnc3)c2)NC=Cn2nccc21. The van der Waals surface area contributed by atoms with Crippen LogP contribution in [0, 0.1) is 0 Å². The highest BCUT2D eigenvalue weighted by molar-refractivity contribution is 5.63. The lowest BCUT2D eigenvalue weighted by molar-refractivity contribution is 0.467. The summed E-state index contributed by atoms with van der Waals surface area (Å²) in [7, 11) is 0. The second-order valence-electron chi connectivity index (χ2n) is 5.45. The Bertz CT molecular complexity index is 837. The molecule has 5 heteroatoms. The van der Waals surface area contributed by atoms with Crippen molar-refractivity contribution >= 4 is 6.20 Å². The lowest BCUT2D eigenvalue weighted by Gasteiger charge is -2.33. The molecule has 0 spiro atoms. The zero-order valence-corrected chi connectivity index (χ0v) is 12.1. The molecule has 1 aromatic carbocycles. The van der Waals surface area contributed by atoms with Gasteiger partial charge >= 0.3 is 0 Å². The van der Waals surface area contributed by atoms with Crippen molar-refractivity contribution in [3.05, 3.63) is 72.7 Å². The molecular formula is C17H15N5. The lowest BCUT2D eigenvalue weighted by atomic mass is 9.86. The Morgan fingerprint density at radius 1 is 1.09 bits per heavy atom. The summed E-state index contributed by atoms with van der Waals surface area (Å²) in [5.41, 5.74) is 4.06. The first-order valence-electron chi connectivity index (χ1n) is 7.12. The monoisotopic (exact) mass is 289 g/mol. The quantitative estimate of drug-likeness (QED) is 0.788. The summed E-state index contributed by atoms with van der Waals surface area (Å²) in [5.74, 6) is 0. The molecule has 1 aliphatic heterocycles. The molecule has 0 radical (unpaired) electrons. The summed E-state index contributed by atoms with van der Waals surface area (Å²) in [6.45, 7) is 2.16.